The third-order valence-corrected chi connectivity index (χ3v) is 5.34. The Morgan fingerprint density at radius 2 is 1.90 bits per heavy atom. The third kappa shape index (κ3) is 5.03. The summed E-state index contributed by atoms with van der Waals surface area (Å²) in [5.74, 6) is -0.814. The van der Waals surface area contributed by atoms with Gasteiger partial charge < -0.3 is 20.5 Å². The molecule has 0 aliphatic carbocycles. The van der Waals surface area contributed by atoms with Gasteiger partial charge in [-0.05, 0) is 42.1 Å². The Labute approximate surface area is 183 Å². The number of H-pyrrole nitrogens is 1. The van der Waals surface area contributed by atoms with Gasteiger partial charge in [0, 0.05) is 37.3 Å². The molecule has 3 aromatic rings. The number of halogens is 2. The Morgan fingerprint density at radius 3 is 2.58 bits per heavy atom. The molecule has 0 aliphatic rings. The fraction of sp³-hybridized carbons (Fsp3) is 0.227. The number of aromatic nitrogens is 1. The number of aromatic amines is 1. The average Bonchev–Trinajstić information content (AvgIpc) is 2.76. The van der Waals surface area contributed by atoms with Crippen LogP contribution in [0.3, 0.4) is 0 Å². The molecule has 3 N–H and O–H groups in total. The number of nitrogens with one attached hydrogen (secondary N) is 3. The Kier molecular flexibility index (Phi) is 6.91. The van der Waals surface area contributed by atoms with E-state index >= 15 is 0 Å². The van der Waals surface area contributed by atoms with E-state index in [0.29, 0.717) is 16.5 Å². The zero-order chi connectivity index (χ0) is 22.5. The summed E-state index contributed by atoms with van der Waals surface area (Å²) in [6.07, 6.45) is 1.66. The molecule has 3 rings (SSSR count). The number of carbonyl (C=O) groups excluding carboxylic acids is 2. The minimum absolute atomic E-state index is 0.0831. The van der Waals surface area contributed by atoms with Crippen LogP contribution in [0.4, 0.5) is 14.9 Å². The molecule has 9 heteroatoms. The predicted molar refractivity (Wildman–Crippen MR) is 119 cm³/mol. The number of nitrogens with zero attached hydrogens (tertiary/aromatic N) is 1. The molecule has 0 saturated carbocycles. The van der Waals surface area contributed by atoms with Crippen LogP contribution < -0.4 is 16.2 Å². The molecule has 0 fully saturated rings. The van der Waals surface area contributed by atoms with Crippen molar-refractivity contribution >= 4 is 40.0 Å². The number of pyridine rings is 1. The van der Waals surface area contributed by atoms with Gasteiger partial charge in [-0.2, -0.15) is 0 Å². The molecule has 0 saturated heterocycles. The van der Waals surface area contributed by atoms with Gasteiger partial charge in [0.15, 0.2) is 0 Å². The van der Waals surface area contributed by atoms with Crippen LogP contribution in [0.15, 0.2) is 53.5 Å². The lowest BCUT2D eigenvalue weighted by atomic mass is 10.0. The van der Waals surface area contributed by atoms with Crippen molar-refractivity contribution in [2.45, 2.75) is 19.4 Å². The van der Waals surface area contributed by atoms with E-state index in [9.17, 15) is 18.8 Å². The van der Waals surface area contributed by atoms with Crippen molar-refractivity contribution in [2.24, 2.45) is 0 Å². The number of fused-ring (bicyclic) bond motifs is 1. The highest BCUT2D eigenvalue weighted by Gasteiger charge is 2.24. The molecule has 162 valence electrons. The van der Waals surface area contributed by atoms with E-state index in [0.717, 1.165) is 11.6 Å². The monoisotopic (exact) mass is 444 g/mol. The number of anilines is 1. The lowest BCUT2D eigenvalue weighted by Gasteiger charge is -2.30. The maximum atomic E-state index is 13.4. The topological polar surface area (TPSA) is 94.3 Å². The van der Waals surface area contributed by atoms with Crippen LogP contribution in [-0.4, -0.2) is 35.4 Å². The van der Waals surface area contributed by atoms with E-state index < -0.39 is 17.9 Å². The lowest BCUT2D eigenvalue weighted by Crippen LogP contribution is -2.39. The minimum Gasteiger partial charge on any atom is -0.359 e. The zero-order valence-electron chi connectivity index (χ0n) is 17.0. The van der Waals surface area contributed by atoms with Crippen molar-refractivity contribution < 1.29 is 14.0 Å². The number of benzene rings is 2. The molecular weight excluding hydrogens is 423 g/mol. The third-order valence-electron chi connectivity index (χ3n) is 5.05. The van der Waals surface area contributed by atoms with Crippen LogP contribution in [0.25, 0.3) is 10.8 Å². The smallest absolute Gasteiger partial charge is 0.322 e. The number of urea groups is 1. The summed E-state index contributed by atoms with van der Waals surface area (Å²) in [5.41, 5.74) is 0.813. The second kappa shape index (κ2) is 9.61. The number of carbonyl (C=O) groups is 2. The van der Waals surface area contributed by atoms with Gasteiger partial charge in [0.25, 0.3) is 5.56 Å². The van der Waals surface area contributed by atoms with E-state index in [1.165, 1.54) is 24.1 Å². The number of amides is 3. The summed E-state index contributed by atoms with van der Waals surface area (Å²) in [5, 5.41) is 6.33. The first-order valence-electron chi connectivity index (χ1n) is 9.65. The molecule has 0 aliphatic heterocycles. The first-order chi connectivity index (χ1) is 14.8. The maximum absolute atomic E-state index is 13.4. The normalized spacial score (nSPS) is 11.7. The molecule has 0 radical (unpaired) electrons. The fourth-order valence-corrected chi connectivity index (χ4v) is 3.51. The molecule has 0 unspecified atom stereocenters. The lowest BCUT2D eigenvalue weighted by molar-refractivity contribution is -0.120. The Morgan fingerprint density at radius 1 is 1.19 bits per heavy atom. The van der Waals surface area contributed by atoms with Crippen molar-refractivity contribution in [1.82, 2.24) is 15.2 Å². The summed E-state index contributed by atoms with van der Waals surface area (Å²) < 4.78 is 13.4. The summed E-state index contributed by atoms with van der Waals surface area (Å²) in [7, 11) is 1.52. The molecule has 7 nitrogen and oxygen atoms in total. The number of rotatable bonds is 6. The summed E-state index contributed by atoms with van der Waals surface area (Å²) >= 11 is 5.81. The predicted octanol–water partition coefficient (Wildman–Crippen LogP) is 4.05. The molecule has 1 heterocycles. The number of hydrogen-bond donors (Lipinski definition) is 3. The Hall–Kier alpha value is -3.39. The van der Waals surface area contributed by atoms with Crippen molar-refractivity contribution in [2.75, 3.05) is 18.9 Å². The quantitative estimate of drug-likeness (QED) is 0.535. The highest BCUT2D eigenvalue weighted by atomic mass is 35.5. The van der Waals surface area contributed by atoms with Crippen LogP contribution in [0, 0.1) is 5.82 Å². The molecule has 2 aromatic carbocycles. The molecule has 0 spiro atoms. The van der Waals surface area contributed by atoms with E-state index in [2.05, 4.69) is 15.6 Å². The van der Waals surface area contributed by atoms with Crippen LogP contribution in [-0.2, 0) is 4.79 Å². The van der Waals surface area contributed by atoms with Gasteiger partial charge in [0.05, 0.1) is 11.1 Å². The van der Waals surface area contributed by atoms with Crippen LogP contribution in [0.2, 0.25) is 5.02 Å². The van der Waals surface area contributed by atoms with Gasteiger partial charge >= 0.3 is 6.03 Å². The second-order valence-corrected chi connectivity index (χ2v) is 7.38. The highest BCUT2D eigenvalue weighted by Crippen LogP contribution is 2.27. The van der Waals surface area contributed by atoms with Gasteiger partial charge in [-0.1, -0.05) is 29.8 Å². The fourth-order valence-electron chi connectivity index (χ4n) is 3.33. The van der Waals surface area contributed by atoms with Gasteiger partial charge in [0.2, 0.25) is 5.91 Å². The van der Waals surface area contributed by atoms with Gasteiger partial charge in [-0.3, -0.25) is 9.59 Å². The van der Waals surface area contributed by atoms with Crippen LogP contribution in [0.5, 0.6) is 0 Å². The molecular formula is C22H22ClFN4O3. The molecule has 31 heavy (non-hydrogen) atoms. The van der Waals surface area contributed by atoms with Crippen molar-refractivity contribution in [3.05, 3.63) is 75.4 Å². The maximum Gasteiger partial charge on any atom is 0.322 e. The van der Waals surface area contributed by atoms with Crippen molar-refractivity contribution in [3.63, 3.8) is 0 Å². The van der Waals surface area contributed by atoms with E-state index in [-0.39, 0.29) is 29.5 Å². The van der Waals surface area contributed by atoms with Crippen LogP contribution >= 0.6 is 11.6 Å². The molecule has 3 amide bonds. The average molecular weight is 445 g/mol. The van der Waals surface area contributed by atoms with E-state index in [1.807, 2.05) is 12.1 Å². The molecule has 1 atom stereocenters. The minimum atomic E-state index is -0.593. The summed E-state index contributed by atoms with van der Waals surface area (Å²) in [6, 6.07) is 9.99. The van der Waals surface area contributed by atoms with Crippen molar-refractivity contribution in [1.29, 1.82) is 0 Å². The zero-order valence-corrected chi connectivity index (χ0v) is 17.8. The number of hydrogen-bond acceptors (Lipinski definition) is 3. The van der Waals surface area contributed by atoms with Crippen molar-refractivity contribution in [3.8, 4) is 0 Å². The second-order valence-electron chi connectivity index (χ2n) is 6.97. The van der Waals surface area contributed by atoms with E-state index in [1.54, 1.807) is 25.3 Å². The molecule has 0 bridgehead atoms. The van der Waals surface area contributed by atoms with Gasteiger partial charge in [-0.15, -0.1) is 0 Å². The first kappa shape index (κ1) is 22.3. The van der Waals surface area contributed by atoms with Gasteiger partial charge in [-0.25, -0.2) is 9.18 Å². The summed E-state index contributed by atoms with van der Waals surface area (Å²) in [4.78, 5) is 41.3. The van der Waals surface area contributed by atoms with E-state index in [4.69, 9.17) is 11.6 Å². The Balaban J connectivity index is 1.95. The van der Waals surface area contributed by atoms with Gasteiger partial charge in [0.1, 0.15) is 5.82 Å². The summed E-state index contributed by atoms with van der Waals surface area (Å²) in [6.45, 7) is 1.93. The Bertz CT molecular complexity index is 1180. The SMILES string of the molecule is CNC(=O)CCN(C(=O)Nc1ccc(F)c(Cl)c1)[C@H](C)c1c[nH]c(=O)c2ccccc12. The molecule has 1 aromatic heterocycles. The first-order valence-corrected chi connectivity index (χ1v) is 10.0. The highest BCUT2D eigenvalue weighted by molar-refractivity contribution is 6.31. The standard InChI is InChI=1S/C22H22ClFN4O3/c1-13(17-12-26-21(30)16-6-4-3-5-15(16)17)28(10-9-20(29)25-2)22(31)27-14-7-8-19(24)18(23)11-14/h3-8,11-13H,9-10H2,1-2H3,(H,25,29)(H,26,30)(H,27,31)/t13-/m1/s1. The largest absolute Gasteiger partial charge is 0.359 e. The van der Waals surface area contributed by atoms with Crippen LogP contribution in [0.1, 0.15) is 24.9 Å².